The summed E-state index contributed by atoms with van der Waals surface area (Å²) < 4.78 is 14.6. The summed E-state index contributed by atoms with van der Waals surface area (Å²) in [4.78, 5) is 42.0. The predicted octanol–water partition coefficient (Wildman–Crippen LogP) is 3.37. The van der Waals surface area contributed by atoms with Gasteiger partial charge in [0, 0.05) is 31.6 Å². The van der Waals surface area contributed by atoms with Crippen molar-refractivity contribution < 1.29 is 14.0 Å². The van der Waals surface area contributed by atoms with Crippen LogP contribution in [-0.2, 0) is 0 Å². The summed E-state index contributed by atoms with van der Waals surface area (Å²) in [6.07, 6.45) is 0. The Labute approximate surface area is 189 Å². The van der Waals surface area contributed by atoms with Crippen molar-refractivity contribution in [3.8, 4) is 0 Å². The van der Waals surface area contributed by atoms with Crippen LogP contribution in [0.5, 0.6) is 0 Å². The molecular formula is C23H22ClFN4O3. The van der Waals surface area contributed by atoms with Gasteiger partial charge in [-0.05, 0) is 38.1 Å². The van der Waals surface area contributed by atoms with Crippen LogP contribution < -0.4 is 5.56 Å². The molecule has 1 aliphatic rings. The molecule has 32 heavy (non-hydrogen) atoms. The number of nitrogens with zero attached hydrogens (tertiary/aromatic N) is 4. The zero-order valence-electron chi connectivity index (χ0n) is 17.7. The highest BCUT2D eigenvalue weighted by atomic mass is 35.5. The van der Waals surface area contributed by atoms with Crippen molar-refractivity contribution >= 4 is 34.2 Å². The minimum Gasteiger partial charge on any atom is -0.335 e. The number of rotatable bonds is 3. The standard InChI is InChI=1S/C23H22ClFN4O3/c1-14(2)29-22(31)17-6-4-3-5-16(17)20(26-29)23(32)28-11-9-27(10-12-28)21(30)18-8-7-15(25)13-19(18)24/h3-8,13-14H,9-12H2,1-2H3. The van der Waals surface area contributed by atoms with E-state index in [0.717, 1.165) is 6.07 Å². The van der Waals surface area contributed by atoms with Crippen LogP contribution in [0.4, 0.5) is 4.39 Å². The van der Waals surface area contributed by atoms with Gasteiger partial charge in [0.1, 0.15) is 5.82 Å². The van der Waals surface area contributed by atoms with E-state index in [1.807, 2.05) is 13.8 Å². The van der Waals surface area contributed by atoms with Gasteiger partial charge in [0.25, 0.3) is 17.4 Å². The molecule has 1 aromatic heterocycles. The maximum Gasteiger partial charge on any atom is 0.275 e. The fraction of sp³-hybridized carbons (Fsp3) is 0.304. The second-order valence-electron chi connectivity index (χ2n) is 7.95. The molecule has 2 aromatic carbocycles. The number of hydrogen-bond acceptors (Lipinski definition) is 4. The van der Waals surface area contributed by atoms with Crippen molar-refractivity contribution in [3.05, 3.63) is 74.9 Å². The second-order valence-corrected chi connectivity index (χ2v) is 8.35. The predicted molar refractivity (Wildman–Crippen MR) is 120 cm³/mol. The summed E-state index contributed by atoms with van der Waals surface area (Å²) in [7, 11) is 0. The van der Waals surface area contributed by atoms with Gasteiger partial charge in [0.05, 0.1) is 22.0 Å². The summed E-state index contributed by atoms with van der Waals surface area (Å²) in [6.45, 7) is 4.89. The fourth-order valence-corrected chi connectivity index (χ4v) is 4.06. The van der Waals surface area contributed by atoms with Crippen LogP contribution in [0.1, 0.15) is 40.7 Å². The SMILES string of the molecule is CC(C)n1nc(C(=O)N2CCN(C(=O)c3ccc(F)cc3Cl)CC2)c2ccccc2c1=O. The molecular weight excluding hydrogens is 435 g/mol. The number of halogens is 2. The minimum absolute atomic E-state index is 0.0557. The topological polar surface area (TPSA) is 75.5 Å². The first kappa shape index (κ1) is 22.0. The maximum absolute atomic E-state index is 13.3. The molecule has 4 rings (SSSR count). The third-order valence-electron chi connectivity index (χ3n) is 5.54. The van der Waals surface area contributed by atoms with Gasteiger partial charge in [-0.25, -0.2) is 9.07 Å². The summed E-state index contributed by atoms with van der Waals surface area (Å²) in [5.41, 5.74) is 0.207. The highest BCUT2D eigenvalue weighted by molar-refractivity contribution is 6.33. The number of piperazine rings is 1. The van der Waals surface area contributed by atoms with Gasteiger partial charge in [-0.3, -0.25) is 14.4 Å². The molecule has 9 heteroatoms. The van der Waals surface area contributed by atoms with Gasteiger partial charge in [0.15, 0.2) is 5.69 Å². The number of amides is 2. The Bertz CT molecular complexity index is 1270. The zero-order valence-corrected chi connectivity index (χ0v) is 18.5. The maximum atomic E-state index is 13.3. The smallest absolute Gasteiger partial charge is 0.275 e. The number of carbonyl (C=O) groups excluding carboxylic acids is 2. The number of aromatic nitrogens is 2. The summed E-state index contributed by atoms with van der Waals surface area (Å²) in [6, 6.07) is 10.4. The van der Waals surface area contributed by atoms with Gasteiger partial charge < -0.3 is 9.80 Å². The third-order valence-corrected chi connectivity index (χ3v) is 5.85. The van der Waals surface area contributed by atoms with Crippen LogP contribution in [-0.4, -0.2) is 57.6 Å². The molecule has 166 valence electrons. The second kappa shape index (κ2) is 8.70. The van der Waals surface area contributed by atoms with Gasteiger partial charge >= 0.3 is 0 Å². The van der Waals surface area contributed by atoms with Crippen LogP contribution >= 0.6 is 11.6 Å². The van der Waals surface area contributed by atoms with Crippen LogP contribution in [0, 0.1) is 5.82 Å². The van der Waals surface area contributed by atoms with Gasteiger partial charge in [-0.15, -0.1) is 0 Å². The van der Waals surface area contributed by atoms with E-state index in [4.69, 9.17) is 11.6 Å². The molecule has 0 radical (unpaired) electrons. The average molecular weight is 457 g/mol. The minimum atomic E-state index is -0.510. The first-order valence-corrected chi connectivity index (χ1v) is 10.7. The molecule has 0 atom stereocenters. The first-order valence-electron chi connectivity index (χ1n) is 10.3. The lowest BCUT2D eigenvalue weighted by atomic mass is 10.1. The molecule has 1 aliphatic heterocycles. The third kappa shape index (κ3) is 3.98. The zero-order chi connectivity index (χ0) is 23.0. The molecule has 0 bridgehead atoms. The van der Waals surface area contributed by atoms with E-state index < -0.39 is 5.82 Å². The molecule has 2 heterocycles. The Morgan fingerprint density at radius 2 is 1.56 bits per heavy atom. The number of fused-ring (bicyclic) bond motifs is 1. The lowest BCUT2D eigenvalue weighted by molar-refractivity contribution is 0.0532. The average Bonchev–Trinajstić information content (AvgIpc) is 2.78. The van der Waals surface area contributed by atoms with Crippen molar-refractivity contribution in [2.75, 3.05) is 26.2 Å². The van der Waals surface area contributed by atoms with E-state index in [0.29, 0.717) is 37.0 Å². The molecule has 2 amide bonds. The van der Waals surface area contributed by atoms with E-state index in [-0.39, 0.29) is 39.7 Å². The van der Waals surface area contributed by atoms with Crippen LogP contribution in [0.2, 0.25) is 5.02 Å². The van der Waals surface area contributed by atoms with Crippen LogP contribution in [0.25, 0.3) is 10.8 Å². The summed E-state index contributed by atoms with van der Waals surface area (Å²) in [5, 5.41) is 5.39. The molecule has 0 N–H and O–H groups in total. The highest BCUT2D eigenvalue weighted by Gasteiger charge is 2.29. The van der Waals surface area contributed by atoms with Gasteiger partial charge in [-0.1, -0.05) is 29.8 Å². The molecule has 0 aliphatic carbocycles. The molecule has 1 fully saturated rings. The van der Waals surface area contributed by atoms with Gasteiger partial charge in [-0.2, -0.15) is 5.10 Å². The summed E-state index contributed by atoms with van der Waals surface area (Å²) in [5.74, 6) is -1.11. The number of hydrogen-bond donors (Lipinski definition) is 0. The quantitative estimate of drug-likeness (QED) is 0.605. The van der Waals surface area contributed by atoms with E-state index in [1.165, 1.54) is 16.8 Å². The first-order chi connectivity index (χ1) is 15.3. The normalized spacial score (nSPS) is 14.3. The number of benzene rings is 2. The Balaban J connectivity index is 1.56. The Morgan fingerprint density at radius 3 is 2.16 bits per heavy atom. The lowest BCUT2D eigenvalue weighted by Gasteiger charge is -2.35. The van der Waals surface area contributed by atoms with E-state index in [2.05, 4.69) is 5.10 Å². The van der Waals surface area contributed by atoms with Crippen molar-refractivity contribution in [3.63, 3.8) is 0 Å². The fourth-order valence-electron chi connectivity index (χ4n) is 3.81. The Morgan fingerprint density at radius 1 is 0.969 bits per heavy atom. The van der Waals surface area contributed by atoms with Gasteiger partial charge in [0.2, 0.25) is 0 Å². The monoisotopic (exact) mass is 456 g/mol. The molecule has 0 saturated carbocycles. The summed E-state index contributed by atoms with van der Waals surface area (Å²) >= 11 is 6.02. The van der Waals surface area contributed by atoms with Crippen molar-refractivity contribution in [2.24, 2.45) is 0 Å². The lowest BCUT2D eigenvalue weighted by Crippen LogP contribution is -2.51. The highest BCUT2D eigenvalue weighted by Crippen LogP contribution is 2.21. The van der Waals surface area contributed by atoms with Crippen molar-refractivity contribution in [1.29, 1.82) is 0 Å². The van der Waals surface area contributed by atoms with E-state index >= 15 is 0 Å². The molecule has 0 spiro atoms. The van der Waals surface area contributed by atoms with Crippen molar-refractivity contribution in [1.82, 2.24) is 19.6 Å². The molecule has 1 saturated heterocycles. The van der Waals surface area contributed by atoms with E-state index in [1.54, 1.807) is 34.1 Å². The molecule has 0 unspecified atom stereocenters. The van der Waals surface area contributed by atoms with Crippen molar-refractivity contribution in [2.45, 2.75) is 19.9 Å². The Hall–Kier alpha value is -3.26. The van der Waals surface area contributed by atoms with E-state index in [9.17, 15) is 18.8 Å². The molecule has 3 aromatic rings. The Kier molecular flexibility index (Phi) is 5.97. The van der Waals surface area contributed by atoms with Crippen LogP contribution in [0.15, 0.2) is 47.3 Å². The molecule has 7 nitrogen and oxygen atoms in total. The number of carbonyl (C=O) groups is 2. The van der Waals surface area contributed by atoms with Crippen LogP contribution in [0.3, 0.4) is 0 Å². The largest absolute Gasteiger partial charge is 0.335 e.